The minimum Gasteiger partial charge on any atom is -0.286 e. The summed E-state index contributed by atoms with van der Waals surface area (Å²) < 4.78 is 25.9. The Morgan fingerprint density at radius 2 is 1.14 bits per heavy atom. The Balaban J connectivity index is 0.000000537. The first-order valence-corrected chi connectivity index (χ1v) is 12.6. The van der Waals surface area contributed by atoms with Crippen molar-refractivity contribution >= 4 is 34.0 Å². The SMILES string of the molecule is CC(C)(C)Cc1ccccc1P(c1ccccc1)c1ccccc1.CS(=O)(=O)O. The van der Waals surface area contributed by atoms with E-state index in [-0.39, 0.29) is 5.41 Å². The average molecular weight is 429 g/mol. The van der Waals surface area contributed by atoms with E-state index in [2.05, 4.69) is 106 Å². The first kappa shape index (κ1) is 23.3. The number of hydrogen-bond acceptors (Lipinski definition) is 2. The van der Waals surface area contributed by atoms with Gasteiger partial charge in [0, 0.05) is 0 Å². The molecule has 3 nitrogen and oxygen atoms in total. The summed E-state index contributed by atoms with van der Waals surface area (Å²) in [6, 6.07) is 30.9. The van der Waals surface area contributed by atoms with Crippen LogP contribution in [0.1, 0.15) is 26.3 Å². The van der Waals surface area contributed by atoms with Crippen molar-refractivity contribution in [2.75, 3.05) is 6.26 Å². The van der Waals surface area contributed by atoms with E-state index in [9.17, 15) is 8.42 Å². The van der Waals surface area contributed by atoms with Crippen LogP contribution < -0.4 is 15.9 Å². The van der Waals surface area contributed by atoms with Gasteiger partial charge >= 0.3 is 0 Å². The smallest absolute Gasteiger partial charge is 0.261 e. The molecule has 3 aromatic carbocycles. The minimum absolute atomic E-state index is 0.282. The van der Waals surface area contributed by atoms with Gasteiger partial charge < -0.3 is 0 Å². The Labute approximate surface area is 176 Å². The van der Waals surface area contributed by atoms with Crippen LogP contribution in [0.25, 0.3) is 0 Å². The summed E-state index contributed by atoms with van der Waals surface area (Å²) in [4.78, 5) is 0. The molecule has 0 saturated heterocycles. The molecular formula is C24H29O3PS. The Morgan fingerprint density at radius 1 is 0.759 bits per heavy atom. The summed E-state index contributed by atoms with van der Waals surface area (Å²) in [6.07, 6.45) is 1.81. The van der Waals surface area contributed by atoms with Gasteiger partial charge in [0.2, 0.25) is 0 Å². The van der Waals surface area contributed by atoms with Crippen LogP contribution in [-0.4, -0.2) is 19.2 Å². The largest absolute Gasteiger partial charge is 0.286 e. The molecule has 3 rings (SSSR count). The minimum atomic E-state index is -3.67. The van der Waals surface area contributed by atoms with Gasteiger partial charge in [-0.3, -0.25) is 4.55 Å². The highest BCUT2D eigenvalue weighted by Gasteiger charge is 2.21. The van der Waals surface area contributed by atoms with Crippen molar-refractivity contribution in [1.29, 1.82) is 0 Å². The quantitative estimate of drug-likeness (QED) is 0.490. The third kappa shape index (κ3) is 8.49. The van der Waals surface area contributed by atoms with Crippen molar-refractivity contribution in [1.82, 2.24) is 0 Å². The molecule has 0 saturated carbocycles. The second kappa shape index (κ2) is 10.2. The molecule has 0 fully saturated rings. The molecule has 0 heterocycles. The van der Waals surface area contributed by atoms with Crippen LogP contribution in [0.2, 0.25) is 0 Å². The predicted molar refractivity (Wildman–Crippen MR) is 126 cm³/mol. The van der Waals surface area contributed by atoms with Crippen molar-refractivity contribution in [2.45, 2.75) is 27.2 Å². The van der Waals surface area contributed by atoms with Crippen LogP contribution >= 0.6 is 7.92 Å². The molecule has 0 unspecified atom stereocenters. The summed E-state index contributed by atoms with van der Waals surface area (Å²) in [6.45, 7) is 6.95. The molecule has 0 amide bonds. The van der Waals surface area contributed by atoms with Crippen molar-refractivity contribution in [2.24, 2.45) is 5.41 Å². The summed E-state index contributed by atoms with van der Waals surface area (Å²) in [5.41, 5.74) is 1.76. The fraction of sp³-hybridized carbons (Fsp3) is 0.250. The Hall–Kier alpha value is -2.00. The highest BCUT2D eigenvalue weighted by molar-refractivity contribution is 7.85. The molecule has 0 aliphatic heterocycles. The second-order valence-electron chi connectivity index (χ2n) is 8.11. The molecule has 0 spiro atoms. The molecule has 5 heteroatoms. The van der Waals surface area contributed by atoms with E-state index in [1.165, 1.54) is 21.5 Å². The topological polar surface area (TPSA) is 54.4 Å². The summed E-state index contributed by atoms with van der Waals surface area (Å²) >= 11 is 0. The first-order valence-electron chi connectivity index (χ1n) is 9.45. The lowest BCUT2D eigenvalue weighted by Crippen LogP contribution is -2.25. The van der Waals surface area contributed by atoms with Crippen LogP contribution in [0, 0.1) is 5.41 Å². The lowest BCUT2D eigenvalue weighted by Gasteiger charge is -2.25. The highest BCUT2D eigenvalue weighted by atomic mass is 32.2. The van der Waals surface area contributed by atoms with E-state index in [0.717, 1.165) is 6.42 Å². The van der Waals surface area contributed by atoms with Gasteiger partial charge in [0.1, 0.15) is 0 Å². The maximum absolute atomic E-state index is 9.19. The third-order valence-corrected chi connectivity index (χ3v) is 6.53. The van der Waals surface area contributed by atoms with Crippen molar-refractivity contribution < 1.29 is 13.0 Å². The zero-order valence-electron chi connectivity index (χ0n) is 17.4. The van der Waals surface area contributed by atoms with Gasteiger partial charge in [-0.2, -0.15) is 8.42 Å². The molecule has 3 aromatic rings. The van der Waals surface area contributed by atoms with Crippen LogP contribution in [0.3, 0.4) is 0 Å². The van der Waals surface area contributed by atoms with Crippen molar-refractivity contribution in [3.63, 3.8) is 0 Å². The van der Waals surface area contributed by atoms with Crippen LogP contribution in [0.15, 0.2) is 84.9 Å². The Bertz CT molecular complexity index is 948. The molecule has 0 aliphatic carbocycles. The monoisotopic (exact) mass is 428 g/mol. The van der Waals surface area contributed by atoms with E-state index in [1.807, 2.05) is 0 Å². The molecule has 0 bridgehead atoms. The van der Waals surface area contributed by atoms with Crippen LogP contribution in [0.5, 0.6) is 0 Å². The summed E-state index contributed by atoms with van der Waals surface area (Å²) in [5.74, 6) is 0. The maximum Gasteiger partial charge on any atom is 0.261 e. The van der Waals surface area contributed by atoms with Crippen molar-refractivity contribution in [3.05, 3.63) is 90.5 Å². The van der Waals surface area contributed by atoms with E-state index >= 15 is 0 Å². The fourth-order valence-electron chi connectivity index (χ4n) is 3.03. The third-order valence-electron chi connectivity index (χ3n) is 3.98. The van der Waals surface area contributed by atoms with Gasteiger partial charge in [-0.15, -0.1) is 0 Å². The van der Waals surface area contributed by atoms with E-state index < -0.39 is 18.0 Å². The van der Waals surface area contributed by atoms with Crippen molar-refractivity contribution in [3.8, 4) is 0 Å². The van der Waals surface area contributed by atoms with E-state index in [4.69, 9.17) is 4.55 Å². The standard InChI is InChI=1S/C23H25P.CH4O3S/c1-23(2,3)18-19-12-10-11-17-22(19)24(20-13-6-4-7-14-20)21-15-8-5-9-16-21;1-5(2,3)4/h4-17H,18H2,1-3H3;1H3,(H,2,3,4). The number of hydrogen-bond donors (Lipinski definition) is 1. The van der Waals surface area contributed by atoms with Gasteiger partial charge in [-0.1, -0.05) is 106 Å². The average Bonchev–Trinajstić information content (AvgIpc) is 2.63. The first-order chi connectivity index (χ1) is 13.5. The normalized spacial score (nSPS) is 11.7. The molecule has 29 heavy (non-hydrogen) atoms. The van der Waals surface area contributed by atoms with E-state index in [0.29, 0.717) is 6.26 Å². The van der Waals surface area contributed by atoms with Gasteiger partial charge in [0.05, 0.1) is 6.26 Å². The van der Waals surface area contributed by atoms with Crippen LogP contribution in [-0.2, 0) is 16.5 Å². The van der Waals surface area contributed by atoms with Gasteiger partial charge in [0.25, 0.3) is 10.1 Å². The molecule has 0 radical (unpaired) electrons. The zero-order valence-corrected chi connectivity index (χ0v) is 19.1. The molecule has 0 atom stereocenters. The Kier molecular flexibility index (Phi) is 8.15. The highest BCUT2D eigenvalue weighted by Crippen LogP contribution is 2.35. The predicted octanol–water partition coefficient (Wildman–Crippen LogP) is 4.54. The van der Waals surface area contributed by atoms with Gasteiger partial charge in [-0.05, 0) is 41.2 Å². The summed E-state index contributed by atoms with van der Waals surface area (Å²) in [7, 11) is -4.19. The van der Waals surface area contributed by atoms with Gasteiger partial charge in [-0.25, -0.2) is 0 Å². The number of benzene rings is 3. The second-order valence-corrected chi connectivity index (χ2v) is 11.8. The molecular weight excluding hydrogens is 399 g/mol. The number of rotatable bonds is 4. The zero-order chi connectivity index (χ0) is 21.5. The molecule has 1 N–H and O–H groups in total. The molecule has 0 aliphatic rings. The fourth-order valence-corrected chi connectivity index (χ4v) is 5.50. The maximum atomic E-state index is 9.19. The molecule has 0 aromatic heterocycles. The molecule has 154 valence electrons. The summed E-state index contributed by atoms with van der Waals surface area (Å²) in [5, 5.41) is 4.32. The Morgan fingerprint density at radius 3 is 1.55 bits per heavy atom. The lowest BCUT2D eigenvalue weighted by molar-refractivity contribution is 0.412. The van der Waals surface area contributed by atoms with Crippen LogP contribution in [0.4, 0.5) is 0 Å². The van der Waals surface area contributed by atoms with E-state index in [1.54, 1.807) is 0 Å². The lowest BCUT2D eigenvalue weighted by atomic mass is 9.88. The van der Waals surface area contributed by atoms with Gasteiger partial charge in [0.15, 0.2) is 0 Å².